The summed E-state index contributed by atoms with van der Waals surface area (Å²) >= 11 is 0. The van der Waals surface area contributed by atoms with Crippen molar-refractivity contribution in [3.63, 3.8) is 0 Å². The highest BCUT2D eigenvalue weighted by Crippen LogP contribution is 2.21. The van der Waals surface area contributed by atoms with Crippen LogP contribution < -0.4 is 5.32 Å². The van der Waals surface area contributed by atoms with Gasteiger partial charge >= 0.3 is 5.97 Å². The van der Waals surface area contributed by atoms with Crippen LogP contribution in [0, 0.1) is 5.82 Å². The Morgan fingerprint density at radius 2 is 2.00 bits per heavy atom. The van der Waals surface area contributed by atoms with Crippen molar-refractivity contribution in [1.82, 2.24) is 19.9 Å². The predicted octanol–water partition coefficient (Wildman–Crippen LogP) is 3.92. The molecule has 8 heteroatoms. The van der Waals surface area contributed by atoms with E-state index in [1.807, 2.05) is 19.9 Å². The number of pyridine rings is 1. The Labute approximate surface area is 175 Å². The molecule has 3 aromatic rings. The van der Waals surface area contributed by atoms with Crippen molar-refractivity contribution in [2.45, 2.75) is 13.8 Å². The van der Waals surface area contributed by atoms with E-state index in [9.17, 15) is 9.18 Å². The van der Waals surface area contributed by atoms with Crippen LogP contribution in [-0.4, -0.2) is 52.1 Å². The first kappa shape index (κ1) is 21.3. The summed E-state index contributed by atoms with van der Waals surface area (Å²) < 4.78 is 19.7. The molecule has 1 N–H and O–H groups in total. The number of nitrogens with zero attached hydrogens (tertiary/aromatic N) is 4. The quantitative estimate of drug-likeness (QED) is 0.537. The Balaban J connectivity index is 1.65. The smallest absolute Gasteiger partial charge is 0.341 e. The molecule has 0 radical (unpaired) electrons. The minimum atomic E-state index is -0.674. The Morgan fingerprint density at radius 1 is 1.17 bits per heavy atom. The molecule has 2 heterocycles. The van der Waals surface area contributed by atoms with E-state index in [0.29, 0.717) is 23.9 Å². The number of rotatable bonds is 9. The number of nitrogens with one attached hydrogen (secondary N) is 1. The van der Waals surface area contributed by atoms with Crippen molar-refractivity contribution in [3.05, 3.63) is 66.4 Å². The van der Waals surface area contributed by atoms with Gasteiger partial charge < -0.3 is 15.0 Å². The number of hydrogen-bond donors (Lipinski definition) is 1. The summed E-state index contributed by atoms with van der Waals surface area (Å²) in [6, 6.07) is 9.58. The zero-order valence-electron chi connectivity index (χ0n) is 17.0. The molecule has 0 amide bonds. The van der Waals surface area contributed by atoms with Gasteiger partial charge in [-0.3, -0.25) is 4.98 Å². The van der Waals surface area contributed by atoms with Gasteiger partial charge in [0.25, 0.3) is 0 Å². The maximum absolute atomic E-state index is 14.5. The van der Waals surface area contributed by atoms with E-state index in [2.05, 4.69) is 25.2 Å². The summed E-state index contributed by atoms with van der Waals surface area (Å²) in [5.74, 6) is -0.332. The number of likely N-dealkylation sites (N-methyl/N-ethyl adjacent to an activating group) is 1. The Bertz CT molecular complexity index is 980. The standard InChI is InChI=1S/C22H24FN5O2/c1-3-28(4-2)12-13-30-22(29)18-8-7-17(14-19(18)23)26-20-9-11-25-21(27-20)16-6-5-10-24-15-16/h5-11,14-15H,3-4,12-13H2,1-2H3,(H,25,26,27). The van der Waals surface area contributed by atoms with E-state index in [4.69, 9.17) is 4.74 Å². The van der Waals surface area contributed by atoms with Gasteiger partial charge in [-0.25, -0.2) is 19.2 Å². The molecule has 0 spiro atoms. The zero-order valence-corrected chi connectivity index (χ0v) is 17.0. The number of carbonyl (C=O) groups is 1. The molecule has 0 saturated heterocycles. The number of anilines is 2. The predicted molar refractivity (Wildman–Crippen MR) is 113 cm³/mol. The van der Waals surface area contributed by atoms with Gasteiger partial charge in [-0.2, -0.15) is 0 Å². The molecule has 2 aromatic heterocycles. The minimum absolute atomic E-state index is 0.0983. The summed E-state index contributed by atoms with van der Waals surface area (Å²) in [6.07, 6.45) is 4.94. The SMILES string of the molecule is CCN(CC)CCOC(=O)c1ccc(Nc2ccnc(-c3cccnc3)n2)cc1F. The lowest BCUT2D eigenvalue weighted by Gasteiger charge is -2.17. The number of halogens is 1. The molecule has 0 bridgehead atoms. The lowest BCUT2D eigenvalue weighted by molar-refractivity contribution is 0.0461. The van der Waals surface area contributed by atoms with Gasteiger partial charge in [0.2, 0.25) is 0 Å². The molecule has 1 aromatic carbocycles. The van der Waals surface area contributed by atoms with Gasteiger partial charge in [-0.15, -0.1) is 0 Å². The first-order valence-corrected chi connectivity index (χ1v) is 9.80. The van der Waals surface area contributed by atoms with Crippen LogP contribution in [0.15, 0.2) is 55.0 Å². The van der Waals surface area contributed by atoms with E-state index in [0.717, 1.165) is 18.7 Å². The third kappa shape index (κ3) is 5.57. The van der Waals surface area contributed by atoms with Crippen molar-refractivity contribution in [3.8, 4) is 11.4 Å². The van der Waals surface area contributed by atoms with Gasteiger partial charge in [-0.05, 0) is 49.5 Å². The van der Waals surface area contributed by atoms with Gasteiger partial charge in [0.05, 0.1) is 5.56 Å². The van der Waals surface area contributed by atoms with Crippen LogP contribution in [0.2, 0.25) is 0 Å². The number of esters is 1. The number of benzene rings is 1. The second-order valence-electron chi connectivity index (χ2n) is 6.49. The monoisotopic (exact) mass is 409 g/mol. The molecule has 0 atom stereocenters. The summed E-state index contributed by atoms with van der Waals surface area (Å²) in [5.41, 5.74) is 1.14. The van der Waals surface area contributed by atoms with Crippen LogP contribution in [-0.2, 0) is 4.74 Å². The molecular formula is C22H24FN5O2. The molecule has 156 valence electrons. The Hall–Kier alpha value is -3.39. The number of hydrogen-bond acceptors (Lipinski definition) is 7. The first-order valence-electron chi connectivity index (χ1n) is 9.80. The van der Waals surface area contributed by atoms with Crippen molar-refractivity contribution in [2.75, 3.05) is 31.6 Å². The van der Waals surface area contributed by atoms with Crippen LogP contribution in [0.3, 0.4) is 0 Å². The largest absolute Gasteiger partial charge is 0.461 e. The Kier molecular flexibility index (Phi) is 7.40. The van der Waals surface area contributed by atoms with Crippen molar-refractivity contribution in [2.24, 2.45) is 0 Å². The van der Waals surface area contributed by atoms with Crippen LogP contribution in [0.1, 0.15) is 24.2 Å². The van der Waals surface area contributed by atoms with Crippen LogP contribution in [0.5, 0.6) is 0 Å². The maximum atomic E-state index is 14.5. The van der Waals surface area contributed by atoms with Gasteiger partial charge in [0.15, 0.2) is 5.82 Å². The fourth-order valence-electron chi connectivity index (χ4n) is 2.85. The molecule has 30 heavy (non-hydrogen) atoms. The second kappa shape index (κ2) is 10.4. The van der Waals surface area contributed by atoms with Gasteiger partial charge in [-0.1, -0.05) is 13.8 Å². The number of ether oxygens (including phenoxy) is 1. The lowest BCUT2D eigenvalue weighted by atomic mass is 10.2. The lowest BCUT2D eigenvalue weighted by Crippen LogP contribution is -2.28. The Morgan fingerprint density at radius 3 is 2.70 bits per heavy atom. The van der Waals surface area contributed by atoms with E-state index in [-0.39, 0.29) is 12.2 Å². The summed E-state index contributed by atoms with van der Waals surface area (Å²) in [5, 5.41) is 3.02. The van der Waals surface area contributed by atoms with Crippen molar-refractivity contribution in [1.29, 1.82) is 0 Å². The third-order valence-electron chi connectivity index (χ3n) is 4.57. The second-order valence-corrected chi connectivity index (χ2v) is 6.49. The molecule has 3 rings (SSSR count). The molecule has 0 aliphatic rings. The number of carbonyl (C=O) groups excluding carboxylic acids is 1. The maximum Gasteiger partial charge on any atom is 0.341 e. The average Bonchev–Trinajstić information content (AvgIpc) is 2.77. The normalized spacial score (nSPS) is 10.8. The van der Waals surface area contributed by atoms with E-state index < -0.39 is 11.8 Å². The zero-order chi connectivity index (χ0) is 21.3. The molecule has 0 saturated carbocycles. The minimum Gasteiger partial charge on any atom is -0.461 e. The summed E-state index contributed by atoms with van der Waals surface area (Å²) in [6.45, 7) is 6.65. The molecular weight excluding hydrogens is 385 g/mol. The van der Waals surface area contributed by atoms with E-state index in [1.54, 1.807) is 36.8 Å². The molecule has 0 aliphatic heterocycles. The third-order valence-corrected chi connectivity index (χ3v) is 4.57. The summed E-state index contributed by atoms with van der Waals surface area (Å²) in [4.78, 5) is 27.0. The summed E-state index contributed by atoms with van der Waals surface area (Å²) in [7, 11) is 0. The van der Waals surface area contributed by atoms with Crippen LogP contribution in [0.25, 0.3) is 11.4 Å². The topological polar surface area (TPSA) is 80.2 Å². The fourth-order valence-corrected chi connectivity index (χ4v) is 2.85. The van der Waals surface area contributed by atoms with Crippen LogP contribution >= 0.6 is 0 Å². The highest BCUT2D eigenvalue weighted by atomic mass is 19.1. The van der Waals surface area contributed by atoms with Gasteiger partial charge in [0, 0.05) is 36.4 Å². The molecule has 0 fully saturated rings. The molecule has 0 unspecified atom stereocenters. The first-order chi connectivity index (χ1) is 14.6. The van der Waals surface area contributed by atoms with E-state index in [1.165, 1.54) is 12.1 Å². The van der Waals surface area contributed by atoms with Crippen molar-refractivity contribution < 1.29 is 13.9 Å². The highest BCUT2D eigenvalue weighted by Gasteiger charge is 2.14. The molecule has 7 nitrogen and oxygen atoms in total. The van der Waals surface area contributed by atoms with Crippen molar-refractivity contribution >= 4 is 17.5 Å². The fraction of sp³-hybridized carbons (Fsp3) is 0.273. The number of aromatic nitrogens is 3. The van der Waals surface area contributed by atoms with Crippen LogP contribution in [0.4, 0.5) is 15.9 Å². The van der Waals surface area contributed by atoms with E-state index >= 15 is 0 Å². The average molecular weight is 409 g/mol. The highest BCUT2D eigenvalue weighted by molar-refractivity contribution is 5.90. The van der Waals surface area contributed by atoms with Gasteiger partial charge in [0.1, 0.15) is 18.2 Å². The molecule has 0 aliphatic carbocycles.